The van der Waals surface area contributed by atoms with Gasteiger partial charge in [0.15, 0.2) is 0 Å². The quantitative estimate of drug-likeness (QED) is 0.882. The maximum Gasteiger partial charge on any atom is 0.433 e. The number of aromatic amines is 1. The number of rotatable bonds is 2. The lowest BCUT2D eigenvalue weighted by Crippen LogP contribution is -2.46. The summed E-state index contributed by atoms with van der Waals surface area (Å²) in [5, 5.41) is 20.7. The lowest BCUT2D eigenvalue weighted by Gasteiger charge is -2.39. The van der Waals surface area contributed by atoms with Gasteiger partial charge in [-0.2, -0.15) is 28.6 Å². The number of nitrogens with zero attached hydrogens (tertiary/aromatic N) is 4. The molecule has 1 aliphatic heterocycles. The molecule has 6 nitrogen and oxygen atoms in total. The van der Waals surface area contributed by atoms with E-state index < -0.39 is 17.5 Å². The first-order valence-electron chi connectivity index (χ1n) is 6.75. The fourth-order valence-electron chi connectivity index (χ4n) is 2.66. The van der Waals surface area contributed by atoms with Gasteiger partial charge in [0.1, 0.15) is 17.0 Å². The number of halogens is 3. The summed E-state index contributed by atoms with van der Waals surface area (Å²) in [5.74, 6) is 0. The monoisotopic (exact) mass is 313 g/mol. The normalized spacial score (nSPS) is 22.8. The molecule has 3 heterocycles. The van der Waals surface area contributed by atoms with Gasteiger partial charge in [-0.1, -0.05) is 0 Å². The molecule has 22 heavy (non-hydrogen) atoms. The lowest BCUT2D eigenvalue weighted by molar-refractivity contribution is -0.141. The van der Waals surface area contributed by atoms with Crippen LogP contribution in [0.15, 0.2) is 24.5 Å². The first-order valence-corrected chi connectivity index (χ1v) is 6.75. The Morgan fingerprint density at radius 2 is 2.18 bits per heavy atom. The Kier molecular flexibility index (Phi) is 3.51. The van der Waals surface area contributed by atoms with E-state index in [1.165, 1.54) is 12.3 Å². The molecule has 0 aliphatic carbocycles. The molecule has 1 atom stereocenters. The number of nitrogens with one attached hydrogen (secondary N) is 1. The summed E-state index contributed by atoms with van der Waals surface area (Å²) < 4.78 is 38.3. The summed E-state index contributed by atoms with van der Waals surface area (Å²) in [6.07, 6.45) is -0.826. The van der Waals surface area contributed by atoms with Gasteiger partial charge in [0.25, 0.3) is 0 Å². The van der Waals surface area contributed by atoms with Crippen LogP contribution in [-0.4, -0.2) is 38.6 Å². The fraction of sp³-hybridized carbons (Fsp3) is 0.462. The van der Waals surface area contributed by atoms with Crippen LogP contribution in [0.5, 0.6) is 0 Å². The standard InChI is InChI=1S/C13H14F3N5O/c14-13(15,16)10-6-9(2-4-17-10)21-5-1-3-12(22,8-21)11-7-18-20-19-11/h2,4,6-7,22H,1,3,5,8H2,(H,18,19,20). The van der Waals surface area contributed by atoms with Crippen LogP contribution in [-0.2, 0) is 11.8 Å². The highest BCUT2D eigenvalue weighted by atomic mass is 19.4. The maximum atomic E-state index is 12.8. The number of aliphatic hydroxyl groups is 1. The number of anilines is 1. The van der Waals surface area contributed by atoms with Gasteiger partial charge in [0, 0.05) is 18.4 Å². The zero-order valence-corrected chi connectivity index (χ0v) is 11.5. The molecule has 1 saturated heterocycles. The highest BCUT2D eigenvalue weighted by molar-refractivity contribution is 5.48. The van der Waals surface area contributed by atoms with Crippen LogP contribution in [0.25, 0.3) is 0 Å². The van der Waals surface area contributed by atoms with Crippen LogP contribution in [0.1, 0.15) is 24.2 Å². The molecule has 0 bridgehead atoms. The molecule has 0 amide bonds. The third-order valence-electron chi connectivity index (χ3n) is 3.76. The largest absolute Gasteiger partial charge is 0.433 e. The Hall–Kier alpha value is -2.16. The molecule has 0 saturated carbocycles. The molecule has 9 heteroatoms. The molecule has 0 radical (unpaired) electrons. The van der Waals surface area contributed by atoms with Crippen molar-refractivity contribution in [1.29, 1.82) is 0 Å². The van der Waals surface area contributed by atoms with E-state index >= 15 is 0 Å². The molecule has 0 spiro atoms. The molecule has 2 aromatic heterocycles. The highest BCUT2D eigenvalue weighted by Crippen LogP contribution is 2.34. The number of hydrogen-bond donors (Lipinski definition) is 2. The number of alkyl halides is 3. The molecule has 1 unspecified atom stereocenters. The Morgan fingerprint density at radius 3 is 2.86 bits per heavy atom. The summed E-state index contributed by atoms with van der Waals surface area (Å²) in [7, 11) is 0. The SMILES string of the molecule is OC1(c2cn[nH]n2)CCCN(c2ccnc(C(F)(F)F)c2)C1. The summed E-state index contributed by atoms with van der Waals surface area (Å²) in [6.45, 7) is 0.711. The smallest absolute Gasteiger partial charge is 0.382 e. The second-order valence-corrected chi connectivity index (χ2v) is 5.31. The van der Waals surface area contributed by atoms with Crippen LogP contribution >= 0.6 is 0 Å². The van der Waals surface area contributed by atoms with Gasteiger partial charge in [0.05, 0.1) is 12.7 Å². The predicted molar refractivity (Wildman–Crippen MR) is 71.0 cm³/mol. The number of pyridine rings is 1. The maximum absolute atomic E-state index is 12.8. The van der Waals surface area contributed by atoms with E-state index in [4.69, 9.17) is 0 Å². The zero-order chi connectivity index (χ0) is 15.8. The topological polar surface area (TPSA) is 77.9 Å². The second-order valence-electron chi connectivity index (χ2n) is 5.31. The van der Waals surface area contributed by atoms with Crippen molar-refractivity contribution in [3.8, 4) is 0 Å². The first-order chi connectivity index (χ1) is 10.4. The fourth-order valence-corrected chi connectivity index (χ4v) is 2.66. The number of β-amino-alcohol motifs (C(OH)–C–C–N with tert-alkyl or cyclic N) is 1. The summed E-state index contributed by atoms with van der Waals surface area (Å²) in [5.41, 5.74) is -1.40. The van der Waals surface area contributed by atoms with Crippen molar-refractivity contribution in [2.75, 3.05) is 18.0 Å². The Morgan fingerprint density at radius 1 is 1.36 bits per heavy atom. The van der Waals surface area contributed by atoms with E-state index in [2.05, 4.69) is 20.4 Å². The van der Waals surface area contributed by atoms with Gasteiger partial charge >= 0.3 is 6.18 Å². The summed E-state index contributed by atoms with van der Waals surface area (Å²) >= 11 is 0. The molecular formula is C13H14F3N5O. The molecule has 2 aromatic rings. The van der Waals surface area contributed by atoms with Gasteiger partial charge in [-0.3, -0.25) is 4.98 Å². The number of H-pyrrole nitrogens is 1. The van der Waals surface area contributed by atoms with Gasteiger partial charge < -0.3 is 10.0 Å². The van der Waals surface area contributed by atoms with Gasteiger partial charge in [-0.25, -0.2) is 0 Å². The van der Waals surface area contributed by atoms with E-state index in [1.54, 1.807) is 4.90 Å². The molecule has 0 aromatic carbocycles. The van der Waals surface area contributed by atoms with Crippen LogP contribution < -0.4 is 4.90 Å². The first kappa shape index (κ1) is 14.8. The Balaban J connectivity index is 1.86. The van der Waals surface area contributed by atoms with Gasteiger partial charge in [-0.05, 0) is 25.0 Å². The van der Waals surface area contributed by atoms with E-state index in [0.29, 0.717) is 30.8 Å². The minimum Gasteiger partial charge on any atom is -0.382 e. The van der Waals surface area contributed by atoms with Crippen LogP contribution in [0.4, 0.5) is 18.9 Å². The minimum atomic E-state index is -4.49. The molecular weight excluding hydrogens is 299 g/mol. The van der Waals surface area contributed by atoms with E-state index in [-0.39, 0.29) is 6.54 Å². The van der Waals surface area contributed by atoms with E-state index in [1.807, 2.05) is 0 Å². The summed E-state index contributed by atoms with van der Waals surface area (Å²) in [4.78, 5) is 5.05. The van der Waals surface area contributed by atoms with E-state index in [0.717, 1.165) is 12.3 Å². The van der Waals surface area contributed by atoms with Crippen molar-refractivity contribution < 1.29 is 18.3 Å². The highest BCUT2D eigenvalue weighted by Gasteiger charge is 2.38. The molecule has 1 aliphatic rings. The van der Waals surface area contributed by atoms with E-state index in [9.17, 15) is 18.3 Å². The van der Waals surface area contributed by atoms with Crippen LogP contribution in [0.2, 0.25) is 0 Å². The number of piperidine rings is 1. The van der Waals surface area contributed by atoms with Crippen molar-refractivity contribution in [1.82, 2.24) is 20.4 Å². The van der Waals surface area contributed by atoms with Gasteiger partial charge in [0.2, 0.25) is 0 Å². The molecule has 118 valence electrons. The van der Waals surface area contributed by atoms with Crippen molar-refractivity contribution in [3.05, 3.63) is 35.9 Å². The summed E-state index contributed by atoms with van der Waals surface area (Å²) in [6, 6.07) is 2.50. The van der Waals surface area contributed by atoms with Crippen molar-refractivity contribution in [3.63, 3.8) is 0 Å². The molecule has 2 N–H and O–H groups in total. The third kappa shape index (κ3) is 2.76. The third-order valence-corrected chi connectivity index (χ3v) is 3.76. The van der Waals surface area contributed by atoms with Crippen LogP contribution in [0.3, 0.4) is 0 Å². The predicted octanol–water partition coefficient (Wildman–Crippen LogP) is 1.71. The Labute approximate surface area is 124 Å². The second kappa shape index (κ2) is 5.24. The molecule has 1 fully saturated rings. The number of hydrogen-bond acceptors (Lipinski definition) is 5. The zero-order valence-electron chi connectivity index (χ0n) is 11.5. The van der Waals surface area contributed by atoms with Crippen molar-refractivity contribution in [2.24, 2.45) is 0 Å². The average molecular weight is 313 g/mol. The lowest BCUT2D eigenvalue weighted by atomic mass is 9.90. The van der Waals surface area contributed by atoms with Crippen molar-refractivity contribution in [2.45, 2.75) is 24.6 Å². The average Bonchev–Trinajstić information content (AvgIpc) is 3.02. The van der Waals surface area contributed by atoms with Crippen molar-refractivity contribution >= 4 is 5.69 Å². The van der Waals surface area contributed by atoms with Gasteiger partial charge in [-0.15, -0.1) is 0 Å². The minimum absolute atomic E-state index is 0.154. The Bertz CT molecular complexity index is 645. The number of aromatic nitrogens is 4. The van der Waals surface area contributed by atoms with Crippen LogP contribution in [0, 0.1) is 0 Å². The molecule has 3 rings (SSSR count).